The number of hydrogen-bond acceptors (Lipinski definition) is 4. The van der Waals surface area contributed by atoms with Crippen LogP contribution in [0.1, 0.15) is 40.0 Å². The van der Waals surface area contributed by atoms with Gasteiger partial charge in [-0.25, -0.2) is 0 Å². The largest absolute Gasteiger partial charge is 0.330 e. The zero-order chi connectivity index (χ0) is 15.0. The lowest BCUT2D eigenvalue weighted by atomic mass is 9.95. The van der Waals surface area contributed by atoms with Crippen LogP contribution in [0.2, 0.25) is 0 Å². The third-order valence-electron chi connectivity index (χ3n) is 4.30. The molecule has 1 aromatic carbocycles. The summed E-state index contributed by atoms with van der Waals surface area (Å²) in [4.78, 5) is 35.4. The summed E-state index contributed by atoms with van der Waals surface area (Å²) in [5, 5.41) is 5.05. The monoisotopic (exact) mass is 287 g/mol. The van der Waals surface area contributed by atoms with Crippen molar-refractivity contribution in [2.75, 3.05) is 11.9 Å². The predicted octanol–water partition coefficient (Wildman–Crippen LogP) is 0.884. The van der Waals surface area contributed by atoms with E-state index >= 15 is 0 Å². The van der Waals surface area contributed by atoms with Gasteiger partial charge in [0.05, 0.1) is 11.1 Å². The number of nitrogens with one attached hydrogen (secondary N) is 2. The number of imide groups is 1. The van der Waals surface area contributed by atoms with Gasteiger partial charge in [-0.2, -0.15) is 0 Å². The molecule has 6 heteroatoms. The highest BCUT2D eigenvalue weighted by Crippen LogP contribution is 2.32. The third-order valence-corrected chi connectivity index (χ3v) is 4.30. The number of rotatable bonds is 3. The SMILES string of the molecule is NCC1CCCC1C(=O)Nc1ccc2c(c1)C(=O)NC2=O. The lowest BCUT2D eigenvalue weighted by Gasteiger charge is -2.17. The molecule has 3 amide bonds. The number of fused-ring (bicyclic) bond motifs is 1. The molecule has 6 nitrogen and oxygen atoms in total. The van der Waals surface area contributed by atoms with Crippen LogP contribution >= 0.6 is 0 Å². The van der Waals surface area contributed by atoms with Crippen molar-refractivity contribution in [3.05, 3.63) is 29.3 Å². The van der Waals surface area contributed by atoms with Gasteiger partial charge in [-0.15, -0.1) is 0 Å². The first kappa shape index (κ1) is 13.8. The molecule has 2 aliphatic rings. The molecular formula is C15H17N3O3. The lowest BCUT2D eigenvalue weighted by Crippen LogP contribution is -2.29. The van der Waals surface area contributed by atoms with Crippen molar-refractivity contribution in [3.63, 3.8) is 0 Å². The Hall–Kier alpha value is -2.21. The first-order valence-electron chi connectivity index (χ1n) is 7.11. The van der Waals surface area contributed by atoms with Crippen molar-refractivity contribution in [3.8, 4) is 0 Å². The second-order valence-corrected chi connectivity index (χ2v) is 5.57. The topological polar surface area (TPSA) is 101 Å². The molecule has 4 N–H and O–H groups in total. The Morgan fingerprint density at radius 3 is 2.76 bits per heavy atom. The number of nitrogens with two attached hydrogens (primary N) is 1. The number of hydrogen-bond donors (Lipinski definition) is 3. The first-order valence-corrected chi connectivity index (χ1v) is 7.11. The smallest absolute Gasteiger partial charge is 0.259 e. The lowest BCUT2D eigenvalue weighted by molar-refractivity contribution is -0.120. The van der Waals surface area contributed by atoms with E-state index in [4.69, 9.17) is 5.73 Å². The zero-order valence-electron chi connectivity index (χ0n) is 11.5. The summed E-state index contributed by atoms with van der Waals surface area (Å²) in [5.41, 5.74) is 6.88. The van der Waals surface area contributed by atoms with Gasteiger partial charge in [0.1, 0.15) is 0 Å². The van der Waals surface area contributed by atoms with Crippen LogP contribution in [0, 0.1) is 11.8 Å². The molecule has 1 saturated carbocycles. The number of carbonyl (C=O) groups excluding carboxylic acids is 3. The molecule has 0 aromatic heterocycles. The number of benzene rings is 1. The van der Waals surface area contributed by atoms with Gasteiger partial charge in [0.2, 0.25) is 5.91 Å². The van der Waals surface area contributed by atoms with Crippen LogP contribution in [0.25, 0.3) is 0 Å². The quantitative estimate of drug-likeness (QED) is 0.718. The van der Waals surface area contributed by atoms with Crippen LogP contribution in [0.4, 0.5) is 5.69 Å². The second-order valence-electron chi connectivity index (χ2n) is 5.57. The van der Waals surface area contributed by atoms with Crippen molar-refractivity contribution < 1.29 is 14.4 Å². The maximum atomic E-state index is 12.3. The molecule has 0 radical (unpaired) electrons. The van der Waals surface area contributed by atoms with Gasteiger partial charge in [0.15, 0.2) is 0 Å². The Morgan fingerprint density at radius 1 is 1.24 bits per heavy atom. The van der Waals surface area contributed by atoms with E-state index in [1.54, 1.807) is 18.2 Å². The minimum Gasteiger partial charge on any atom is -0.330 e. The minimum atomic E-state index is -0.424. The normalized spacial score (nSPS) is 23.9. The van der Waals surface area contributed by atoms with Crippen LogP contribution in [0.3, 0.4) is 0 Å². The van der Waals surface area contributed by atoms with Crippen molar-refractivity contribution in [2.45, 2.75) is 19.3 Å². The molecule has 1 fully saturated rings. The van der Waals surface area contributed by atoms with E-state index in [-0.39, 0.29) is 17.7 Å². The summed E-state index contributed by atoms with van der Waals surface area (Å²) in [7, 11) is 0. The molecule has 2 atom stereocenters. The molecule has 1 aliphatic heterocycles. The molecule has 0 spiro atoms. The average Bonchev–Trinajstić information content (AvgIpc) is 3.04. The van der Waals surface area contributed by atoms with Crippen LogP contribution in [0.15, 0.2) is 18.2 Å². The van der Waals surface area contributed by atoms with Gasteiger partial charge in [-0.1, -0.05) is 6.42 Å². The molecule has 0 bridgehead atoms. The van der Waals surface area contributed by atoms with E-state index in [1.165, 1.54) is 0 Å². The summed E-state index contributed by atoms with van der Waals surface area (Å²) < 4.78 is 0. The zero-order valence-corrected chi connectivity index (χ0v) is 11.5. The van der Waals surface area contributed by atoms with E-state index in [0.717, 1.165) is 19.3 Å². The molecule has 0 saturated heterocycles. The average molecular weight is 287 g/mol. The molecule has 1 aromatic rings. The summed E-state index contributed by atoms with van der Waals surface area (Å²) in [6.07, 6.45) is 2.84. The Kier molecular flexibility index (Phi) is 3.47. The van der Waals surface area contributed by atoms with Gasteiger partial charge in [-0.05, 0) is 43.5 Å². The van der Waals surface area contributed by atoms with Crippen molar-refractivity contribution in [1.82, 2.24) is 5.32 Å². The third kappa shape index (κ3) is 2.42. The fourth-order valence-corrected chi connectivity index (χ4v) is 3.14. The van der Waals surface area contributed by atoms with Gasteiger partial charge >= 0.3 is 0 Å². The summed E-state index contributed by atoms with van der Waals surface area (Å²) in [6, 6.07) is 4.74. The molecule has 3 rings (SSSR count). The highest BCUT2D eigenvalue weighted by Gasteiger charge is 2.32. The molecule has 1 heterocycles. The number of amides is 3. The van der Waals surface area contributed by atoms with Crippen LogP contribution in [0.5, 0.6) is 0 Å². The van der Waals surface area contributed by atoms with E-state index in [9.17, 15) is 14.4 Å². The van der Waals surface area contributed by atoms with Gasteiger partial charge in [0, 0.05) is 11.6 Å². The van der Waals surface area contributed by atoms with Gasteiger partial charge in [-0.3, -0.25) is 19.7 Å². The van der Waals surface area contributed by atoms with Crippen molar-refractivity contribution >= 4 is 23.4 Å². The fourth-order valence-electron chi connectivity index (χ4n) is 3.14. The number of anilines is 1. The minimum absolute atomic E-state index is 0.0624. The molecule has 110 valence electrons. The Morgan fingerprint density at radius 2 is 2.00 bits per heavy atom. The van der Waals surface area contributed by atoms with Crippen LogP contribution in [-0.4, -0.2) is 24.3 Å². The van der Waals surface area contributed by atoms with E-state index in [0.29, 0.717) is 23.4 Å². The first-order chi connectivity index (χ1) is 10.1. The predicted molar refractivity (Wildman–Crippen MR) is 76.8 cm³/mol. The number of carbonyl (C=O) groups is 3. The van der Waals surface area contributed by atoms with E-state index in [1.807, 2.05) is 0 Å². The second kappa shape index (κ2) is 5.29. The maximum absolute atomic E-state index is 12.3. The highest BCUT2D eigenvalue weighted by molar-refractivity contribution is 6.22. The molecule has 1 aliphatic carbocycles. The van der Waals surface area contributed by atoms with E-state index in [2.05, 4.69) is 10.6 Å². The van der Waals surface area contributed by atoms with Gasteiger partial charge in [0.25, 0.3) is 11.8 Å². The van der Waals surface area contributed by atoms with Crippen LogP contribution in [-0.2, 0) is 4.79 Å². The van der Waals surface area contributed by atoms with E-state index < -0.39 is 11.8 Å². The standard InChI is InChI=1S/C15H17N3O3/c16-7-8-2-1-3-10(8)13(19)17-9-4-5-11-12(6-9)15(21)18-14(11)20/h4-6,8,10H,1-3,7,16H2,(H,17,19)(H,18,20,21). The summed E-state index contributed by atoms with van der Waals surface area (Å²) in [5.74, 6) is -0.727. The maximum Gasteiger partial charge on any atom is 0.259 e. The van der Waals surface area contributed by atoms with Crippen LogP contribution < -0.4 is 16.4 Å². The summed E-state index contributed by atoms with van der Waals surface area (Å²) >= 11 is 0. The molecule has 21 heavy (non-hydrogen) atoms. The van der Waals surface area contributed by atoms with Crippen molar-refractivity contribution in [2.24, 2.45) is 17.6 Å². The summed E-state index contributed by atoms with van der Waals surface area (Å²) in [6.45, 7) is 0.513. The van der Waals surface area contributed by atoms with Gasteiger partial charge < -0.3 is 11.1 Å². The fraction of sp³-hybridized carbons (Fsp3) is 0.400. The Labute approximate surface area is 122 Å². The molecular weight excluding hydrogens is 270 g/mol. The Bertz CT molecular complexity index is 627. The van der Waals surface area contributed by atoms with Crippen molar-refractivity contribution in [1.29, 1.82) is 0 Å². The molecule has 2 unspecified atom stereocenters. The Balaban J connectivity index is 1.77. The highest BCUT2D eigenvalue weighted by atomic mass is 16.2.